The number of hydrogen-bond donors (Lipinski definition) is 2. The molecule has 3 amide bonds. The number of carbonyl (C=O) groups is 3. The van der Waals surface area contributed by atoms with Crippen molar-refractivity contribution in [3.05, 3.63) is 34.3 Å². The minimum Gasteiger partial charge on any atom is -0.347 e. The third kappa shape index (κ3) is 2.72. The average Bonchev–Trinajstić information content (AvgIpc) is 2.89. The largest absolute Gasteiger partial charge is 0.347 e. The maximum atomic E-state index is 12.2. The number of rotatable bonds is 2. The molecule has 0 radical (unpaired) electrons. The number of amides is 3. The third-order valence-electron chi connectivity index (χ3n) is 4.04. The maximum Gasteiger partial charge on any atom is 0.251 e. The molecule has 1 aromatic rings. The fourth-order valence-electron chi connectivity index (χ4n) is 2.95. The molecule has 0 spiro atoms. The molecule has 116 valence electrons. The number of hydrogen-bond acceptors (Lipinski definition) is 3. The zero-order chi connectivity index (χ0) is 15.9. The van der Waals surface area contributed by atoms with Crippen molar-refractivity contribution in [1.29, 1.82) is 0 Å². The van der Waals surface area contributed by atoms with Crippen LogP contribution < -0.4 is 10.6 Å². The summed E-state index contributed by atoms with van der Waals surface area (Å²) in [6.45, 7) is 2.05. The van der Waals surface area contributed by atoms with E-state index in [1.807, 2.05) is 6.07 Å². The molecule has 0 aliphatic carbocycles. The van der Waals surface area contributed by atoms with Gasteiger partial charge in [-0.3, -0.25) is 14.4 Å². The molecule has 2 heterocycles. The first-order valence-corrected chi connectivity index (χ1v) is 7.92. The summed E-state index contributed by atoms with van der Waals surface area (Å²) in [5, 5.41) is 5.57. The van der Waals surface area contributed by atoms with Gasteiger partial charge in [0.15, 0.2) is 0 Å². The van der Waals surface area contributed by atoms with Crippen LogP contribution in [0.15, 0.2) is 28.7 Å². The molecule has 0 aromatic heterocycles. The molecule has 2 aliphatic heterocycles. The van der Waals surface area contributed by atoms with Crippen molar-refractivity contribution in [2.24, 2.45) is 0 Å². The Labute approximate surface area is 136 Å². The summed E-state index contributed by atoms with van der Waals surface area (Å²) in [6.07, 6.45) is 0.448. The van der Waals surface area contributed by atoms with E-state index in [2.05, 4.69) is 26.6 Å². The van der Waals surface area contributed by atoms with Gasteiger partial charge >= 0.3 is 0 Å². The predicted octanol–water partition coefficient (Wildman–Crippen LogP) is 0.667. The van der Waals surface area contributed by atoms with Crippen LogP contribution >= 0.6 is 15.9 Å². The van der Waals surface area contributed by atoms with Gasteiger partial charge in [-0.2, -0.15) is 0 Å². The number of nitrogens with one attached hydrogen (secondary N) is 2. The molecule has 2 fully saturated rings. The molecule has 0 saturated carbocycles. The Bertz CT molecular complexity index is 649. The van der Waals surface area contributed by atoms with Crippen LogP contribution in [0.2, 0.25) is 0 Å². The molecule has 7 heteroatoms. The first-order chi connectivity index (χ1) is 10.5. The highest BCUT2D eigenvalue weighted by molar-refractivity contribution is 9.10. The van der Waals surface area contributed by atoms with Gasteiger partial charge in [-0.05, 0) is 31.5 Å². The Morgan fingerprint density at radius 2 is 2.18 bits per heavy atom. The van der Waals surface area contributed by atoms with Crippen molar-refractivity contribution in [1.82, 2.24) is 15.5 Å². The molecule has 0 bridgehead atoms. The lowest BCUT2D eigenvalue weighted by Crippen LogP contribution is -2.60. The number of carbonyl (C=O) groups excluding carboxylic acids is 3. The summed E-state index contributed by atoms with van der Waals surface area (Å²) in [5.74, 6) is -0.442. The quantitative estimate of drug-likeness (QED) is 0.808. The number of fused-ring (bicyclic) bond motifs is 1. The summed E-state index contributed by atoms with van der Waals surface area (Å²) in [7, 11) is 0. The highest BCUT2D eigenvalue weighted by atomic mass is 79.9. The highest BCUT2D eigenvalue weighted by Gasteiger charge is 2.45. The lowest BCUT2D eigenvalue weighted by Gasteiger charge is -2.32. The van der Waals surface area contributed by atoms with Gasteiger partial charge in [-0.25, -0.2) is 0 Å². The van der Waals surface area contributed by atoms with Crippen LogP contribution in [0, 0.1) is 0 Å². The van der Waals surface area contributed by atoms with Crippen LogP contribution in [-0.4, -0.2) is 47.3 Å². The monoisotopic (exact) mass is 365 g/mol. The summed E-state index contributed by atoms with van der Waals surface area (Å²) in [5.41, 5.74) is 0.545. The smallest absolute Gasteiger partial charge is 0.251 e. The summed E-state index contributed by atoms with van der Waals surface area (Å²) in [6, 6.07) is 5.91. The van der Waals surface area contributed by atoms with Gasteiger partial charge in [0.05, 0.1) is 0 Å². The molecule has 22 heavy (non-hydrogen) atoms. The van der Waals surface area contributed by atoms with Crippen LogP contribution in [0.25, 0.3) is 0 Å². The minimum atomic E-state index is -0.497. The number of piperazine rings is 1. The van der Waals surface area contributed by atoms with Gasteiger partial charge in [-0.1, -0.05) is 22.0 Å². The minimum absolute atomic E-state index is 0.0937. The van der Waals surface area contributed by atoms with Crippen molar-refractivity contribution in [3.8, 4) is 0 Å². The lowest BCUT2D eigenvalue weighted by atomic mass is 10.1. The van der Waals surface area contributed by atoms with Crippen molar-refractivity contribution >= 4 is 33.7 Å². The molecular formula is C15H16BrN3O3. The van der Waals surface area contributed by atoms with Crippen molar-refractivity contribution in [2.45, 2.75) is 31.5 Å². The second-order valence-corrected chi connectivity index (χ2v) is 6.57. The SMILES string of the molecule is C[C@H]1NC(=O)[C@@H]2C[C@H](NC(=O)c3cccc(Br)c3)CN2C1=O. The van der Waals surface area contributed by atoms with Crippen molar-refractivity contribution < 1.29 is 14.4 Å². The standard InChI is InChI=1S/C15H16BrN3O3/c1-8-15(22)19-7-11(6-12(19)14(21)17-8)18-13(20)9-3-2-4-10(16)5-9/h2-5,8,11-12H,6-7H2,1H3,(H,17,21)(H,18,20)/t8-,11+,12+/m1/s1. The zero-order valence-electron chi connectivity index (χ0n) is 12.0. The Balaban J connectivity index is 1.69. The van der Waals surface area contributed by atoms with Gasteiger partial charge < -0.3 is 15.5 Å². The number of halogens is 1. The maximum absolute atomic E-state index is 12.2. The second-order valence-electron chi connectivity index (χ2n) is 5.65. The number of nitrogens with zero attached hydrogens (tertiary/aromatic N) is 1. The van der Waals surface area contributed by atoms with Gasteiger partial charge in [-0.15, -0.1) is 0 Å². The van der Waals surface area contributed by atoms with Gasteiger partial charge in [0.25, 0.3) is 5.91 Å². The molecule has 2 N–H and O–H groups in total. The van der Waals surface area contributed by atoms with Crippen LogP contribution in [0.5, 0.6) is 0 Å². The zero-order valence-corrected chi connectivity index (χ0v) is 13.6. The molecule has 6 nitrogen and oxygen atoms in total. The van der Waals surface area contributed by atoms with Crippen molar-refractivity contribution in [3.63, 3.8) is 0 Å². The molecule has 3 rings (SSSR count). The molecular weight excluding hydrogens is 350 g/mol. The van der Waals surface area contributed by atoms with Gasteiger partial charge in [0.2, 0.25) is 11.8 Å². The highest BCUT2D eigenvalue weighted by Crippen LogP contribution is 2.23. The fraction of sp³-hybridized carbons (Fsp3) is 0.400. The van der Waals surface area contributed by atoms with Crippen LogP contribution in [0.3, 0.4) is 0 Å². The Morgan fingerprint density at radius 1 is 1.41 bits per heavy atom. The summed E-state index contributed by atoms with van der Waals surface area (Å²) in [4.78, 5) is 37.9. The Hall–Kier alpha value is -1.89. The van der Waals surface area contributed by atoms with Crippen molar-refractivity contribution in [2.75, 3.05) is 6.54 Å². The molecule has 3 atom stereocenters. The Morgan fingerprint density at radius 3 is 2.91 bits per heavy atom. The molecule has 2 saturated heterocycles. The first kappa shape index (κ1) is 15.0. The van der Waals surface area contributed by atoms with E-state index < -0.39 is 12.1 Å². The van der Waals surface area contributed by atoms with E-state index in [1.165, 1.54) is 0 Å². The first-order valence-electron chi connectivity index (χ1n) is 7.13. The van der Waals surface area contributed by atoms with Crippen LogP contribution in [0.4, 0.5) is 0 Å². The van der Waals surface area contributed by atoms with Gasteiger partial charge in [0, 0.05) is 22.6 Å². The fourth-order valence-corrected chi connectivity index (χ4v) is 3.35. The van der Waals surface area contributed by atoms with E-state index in [1.54, 1.807) is 30.0 Å². The topological polar surface area (TPSA) is 78.5 Å². The predicted molar refractivity (Wildman–Crippen MR) is 83.1 cm³/mol. The molecule has 1 aromatic carbocycles. The normalized spacial score (nSPS) is 27.4. The second kappa shape index (κ2) is 5.72. The third-order valence-corrected chi connectivity index (χ3v) is 4.53. The Kier molecular flexibility index (Phi) is 3.90. The lowest BCUT2D eigenvalue weighted by molar-refractivity contribution is -0.146. The van der Waals surface area contributed by atoms with E-state index in [9.17, 15) is 14.4 Å². The van der Waals surface area contributed by atoms with E-state index in [-0.39, 0.29) is 23.8 Å². The van der Waals surface area contributed by atoms with Gasteiger partial charge in [0.1, 0.15) is 12.1 Å². The molecule has 2 aliphatic rings. The number of benzene rings is 1. The van der Waals surface area contributed by atoms with E-state index in [0.29, 0.717) is 18.5 Å². The summed E-state index contributed by atoms with van der Waals surface area (Å²) >= 11 is 3.33. The summed E-state index contributed by atoms with van der Waals surface area (Å²) < 4.78 is 0.826. The molecule has 0 unspecified atom stereocenters. The average molecular weight is 366 g/mol. The van der Waals surface area contributed by atoms with E-state index >= 15 is 0 Å². The van der Waals surface area contributed by atoms with Crippen LogP contribution in [-0.2, 0) is 9.59 Å². The van der Waals surface area contributed by atoms with E-state index in [4.69, 9.17) is 0 Å². The van der Waals surface area contributed by atoms with E-state index in [0.717, 1.165) is 4.47 Å². The van der Waals surface area contributed by atoms with Crippen LogP contribution in [0.1, 0.15) is 23.7 Å².